The van der Waals surface area contributed by atoms with Crippen molar-refractivity contribution in [1.29, 1.82) is 0 Å². The first-order valence-electron chi connectivity index (χ1n) is 6.05. The van der Waals surface area contributed by atoms with Crippen LogP contribution in [0.2, 0.25) is 0 Å². The topological polar surface area (TPSA) is 104 Å². The highest BCUT2D eigenvalue weighted by atomic mass is 16.4. The smallest absolute Gasteiger partial charge is 0.321 e. The van der Waals surface area contributed by atoms with Crippen LogP contribution >= 0.6 is 0 Å². The Balaban J connectivity index is 2.55. The lowest BCUT2D eigenvalue weighted by Crippen LogP contribution is -2.41. The third kappa shape index (κ3) is 5.50. The zero-order valence-electron chi connectivity index (χ0n) is 10.8. The van der Waals surface area contributed by atoms with E-state index in [0.29, 0.717) is 18.8 Å². The minimum Gasteiger partial charge on any atom is -0.480 e. The van der Waals surface area contributed by atoms with E-state index < -0.39 is 12.0 Å². The molecule has 1 unspecified atom stereocenters. The van der Waals surface area contributed by atoms with Gasteiger partial charge in [-0.15, -0.1) is 0 Å². The standard InChI is InChI=1S/C13H19N3O3/c1-9-3-2-4-10(7-9)16-12(17)8-11(13(18)19)15-6-5-14/h2-4,7,11,15H,5-6,8,14H2,1H3,(H,16,17)(H,18,19). The van der Waals surface area contributed by atoms with Crippen molar-refractivity contribution in [1.82, 2.24) is 5.32 Å². The van der Waals surface area contributed by atoms with Crippen LogP contribution in [0.4, 0.5) is 5.69 Å². The Kier molecular flexibility index (Phi) is 5.98. The molecule has 0 aliphatic heterocycles. The molecule has 6 heteroatoms. The van der Waals surface area contributed by atoms with Crippen LogP contribution in [0.1, 0.15) is 12.0 Å². The lowest BCUT2D eigenvalue weighted by atomic mass is 10.2. The van der Waals surface area contributed by atoms with E-state index in [2.05, 4.69) is 10.6 Å². The summed E-state index contributed by atoms with van der Waals surface area (Å²) in [5, 5.41) is 14.4. The Bertz CT molecular complexity index is 449. The number of carboxylic acids is 1. The molecule has 1 aromatic rings. The van der Waals surface area contributed by atoms with Gasteiger partial charge < -0.3 is 21.5 Å². The second kappa shape index (κ2) is 7.50. The van der Waals surface area contributed by atoms with E-state index in [1.165, 1.54) is 0 Å². The molecule has 0 fully saturated rings. The van der Waals surface area contributed by atoms with Gasteiger partial charge in [0.1, 0.15) is 6.04 Å². The molecule has 1 rings (SSSR count). The number of aryl methyl sites for hydroxylation is 1. The molecule has 0 saturated carbocycles. The monoisotopic (exact) mass is 265 g/mol. The molecule has 0 saturated heterocycles. The van der Waals surface area contributed by atoms with Gasteiger partial charge in [-0.3, -0.25) is 9.59 Å². The molecule has 6 nitrogen and oxygen atoms in total. The van der Waals surface area contributed by atoms with Crippen molar-refractivity contribution in [3.05, 3.63) is 29.8 Å². The fourth-order valence-electron chi connectivity index (χ4n) is 1.62. The van der Waals surface area contributed by atoms with Gasteiger partial charge in [-0.2, -0.15) is 0 Å². The second-order valence-corrected chi connectivity index (χ2v) is 4.26. The molecule has 0 radical (unpaired) electrons. The number of aliphatic carboxylic acids is 1. The maximum Gasteiger partial charge on any atom is 0.321 e. The number of benzene rings is 1. The molecule has 5 N–H and O–H groups in total. The van der Waals surface area contributed by atoms with E-state index in [4.69, 9.17) is 10.8 Å². The minimum absolute atomic E-state index is 0.136. The summed E-state index contributed by atoms with van der Waals surface area (Å²) in [5.41, 5.74) is 6.97. The van der Waals surface area contributed by atoms with E-state index in [0.717, 1.165) is 5.56 Å². The van der Waals surface area contributed by atoms with Crippen molar-refractivity contribution in [2.75, 3.05) is 18.4 Å². The van der Waals surface area contributed by atoms with Gasteiger partial charge in [-0.05, 0) is 24.6 Å². The summed E-state index contributed by atoms with van der Waals surface area (Å²) in [7, 11) is 0. The number of nitrogens with one attached hydrogen (secondary N) is 2. The number of hydrogen-bond acceptors (Lipinski definition) is 4. The van der Waals surface area contributed by atoms with Crippen LogP contribution < -0.4 is 16.4 Å². The van der Waals surface area contributed by atoms with Gasteiger partial charge in [0, 0.05) is 18.8 Å². The molecule has 0 aliphatic carbocycles. The second-order valence-electron chi connectivity index (χ2n) is 4.26. The van der Waals surface area contributed by atoms with Crippen molar-refractivity contribution in [2.45, 2.75) is 19.4 Å². The number of carboxylic acid groups (broad SMARTS) is 1. The summed E-state index contributed by atoms with van der Waals surface area (Å²) >= 11 is 0. The first kappa shape index (κ1) is 15.1. The van der Waals surface area contributed by atoms with Gasteiger partial charge in [-0.1, -0.05) is 12.1 Å². The van der Waals surface area contributed by atoms with E-state index in [1.54, 1.807) is 6.07 Å². The normalized spacial score (nSPS) is 11.9. The first-order valence-corrected chi connectivity index (χ1v) is 6.05. The Morgan fingerprint density at radius 3 is 2.74 bits per heavy atom. The number of rotatable bonds is 7. The fourth-order valence-corrected chi connectivity index (χ4v) is 1.62. The van der Waals surface area contributed by atoms with Crippen molar-refractivity contribution in [3.8, 4) is 0 Å². The highest BCUT2D eigenvalue weighted by Crippen LogP contribution is 2.10. The van der Waals surface area contributed by atoms with E-state index in [1.807, 2.05) is 25.1 Å². The molecule has 1 amide bonds. The molecule has 0 spiro atoms. The largest absolute Gasteiger partial charge is 0.480 e. The van der Waals surface area contributed by atoms with Crippen molar-refractivity contribution in [3.63, 3.8) is 0 Å². The predicted octanol–water partition coefficient (Wildman–Crippen LogP) is 0.325. The summed E-state index contributed by atoms with van der Waals surface area (Å²) in [4.78, 5) is 22.7. The van der Waals surface area contributed by atoms with Gasteiger partial charge >= 0.3 is 5.97 Å². The van der Waals surface area contributed by atoms with Gasteiger partial charge in [0.05, 0.1) is 6.42 Å². The minimum atomic E-state index is -1.06. The van der Waals surface area contributed by atoms with Crippen LogP contribution in [0.5, 0.6) is 0 Å². The molecule has 0 heterocycles. The number of carbonyl (C=O) groups is 2. The average Bonchev–Trinajstić information content (AvgIpc) is 2.34. The van der Waals surface area contributed by atoms with E-state index in [9.17, 15) is 9.59 Å². The maximum absolute atomic E-state index is 11.8. The third-order valence-corrected chi connectivity index (χ3v) is 2.52. The van der Waals surface area contributed by atoms with Crippen LogP contribution in [0.25, 0.3) is 0 Å². The number of amides is 1. The molecule has 0 aromatic heterocycles. The molecule has 0 bridgehead atoms. The SMILES string of the molecule is Cc1cccc(NC(=O)CC(NCCN)C(=O)O)c1. The molecule has 1 aromatic carbocycles. The Morgan fingerprint density at radius 2 is 2.16 bits per heavy atom. The summed E-state index contributed by atoms with van der Waals surface area (Å²) in [5.74, 6) is -1.41. The zero-order chi connectivity index (χ0) is 14.3. The highest BCUT2D eigenvalue weighted by molar-refractivity contribution is 5.94. The van der Waals surface area contributed by atoms with Crippen LogP contribution in [-0.2, 0) is 9.59 Å². The molecule has 104 valence electrons. The number of nitrogens with two attached hydrogens (primary N) is 1. The fraction of sp³-hybridized carbons (Fsp3) is 0.385. The Hall–Kier alpha value is -1.92. The summed E-state index contributed by atoms with van der Waals surface area (Å²) < 4.78 is 0. The van der Waals surface area contributed by atoms with Crippen LogP contribution in [-0.4, -0.2) is 36.1 Å². The van der Waals surface area contributed by atoms with Crippen molar-refractivity contribution >= 4 is 17.6 Å². The molecular weight excluding hydrogens is 246 g/mol. The van der Waals surface area contributed by atoms with Gasteiger partial charge in [0.15, 0.2) is 0 Å². The Morgan fingerprint density at radius 1 is 1.42 bits per heavy atom. The van der Waals surface area contributed by atoms with Gasteiger partial charge in [-0.25, -0.2) is 0 Å². The molecular formula is C13H19N3O3. The number of hydrogen-bond donors (Lipinski definition) is 4. The highest BCUT2D eigenvalue weighted by Gasteiger charge is 2.20. The lowest BCUT2D eigenvalue weighted by molar-refractivity contribution is -0.141. The Labute approximate surface area is 112 Å². The molecule has 1 atom stereocenters. The quantitative estimate of drug-likeness (QED) is 0.568. The molecule has 19 heavy (non-hydrogen) atoms. The zero-order valence-corrected chi connectivity index (χ0v) is 10.8. The van der Waals surface area contributed by atoms with E-state index in [-0.39, 0.29) is 12.3 Å². The third-order valence-electron chi connectivity index (χ3n) is 2.52. The molecule has 0 aliphatic rings. The van der Waals surface area contributed by atoms with Gasteiger partial charge in [0.25, 0.3) is 0 Å². The van der Waals surface area contributed by atoms with E-state index >= 15 is 0 Å². The lowest BCUT2D eigenvalue weighted by Gasteiger charge is -2.13. The van der Waals surface area contributed by atoms with Crippen molar-refractivity contribution in [2.24, 2.45) is 5.73 Å². The number of carbonyl (C=O) groups excluding carboxylic acids is 1. The van der Waals surface area contributed by atoms with Crippen LogP contribution in [0, 0.1) is 6.92 Å². The number of anilines is 1. The van der Waals surface area contributed by atoms with Crippen LogP contribution in [0.3, 0.4) is 0 Å². The van der Waals surface area contributed by atoms with Crippen molar-refractivity contribution < 1.29 is 14.7 Å². The van der Waals surface area contributed by atoms with Crippen LogP contribution in [0.15, 0.2) is 24.3 Å². The first-order chi connectivity index (χ1) is 9.02. The summed E-state index contributed by atoms with van der Waals surface area (Å²) in [6.45, 7) is 2.59. The summed E-state index contributed by atoms with van der Waals surface area (Å²) in [6.07, 6.45) is -0.136. The predicted molar refractivity (Wildman–Crippen MR) is 72.9 cm³/mol. The summed E-state index contributed by atoms with van der Waals surface area (Å²) in [6, 6.07) is 6.40. The maximum atomic E-state index is 11.8. The van der Waals surface area contributed by atoms with Gasteiger partial charge in [0.2, 0.25) is 5.91 Å². The average molecular weight is 265 g/mol.